The molecule has 2 N–H and O–H groups in total. The Morgan fingerprint density at radius 1 is 1.14 bits per heavy atom. The molecule has 1 aliphatic rings. The quantitative estimate of drug-likeness (QED) is 0.786. The van der Waals surface area contributed by atoms with Gasteiger partial charge in [0.2, 0.25) is 0 Å². The van der Waals surface area contributed by atoms with Gasteiger partial charge in [0.05, 0.1) is 0 Å². The summed E-state index contributed by atoms with van der Waals surface area (Å²) in [5.41, 5.74) is 6.91. The van der Waals surface area contributed by atoms with Crippen molar-refractivity contribution in [1.29, 1.82) is 0 Å². The molecule has 1 nitrogen and oxygen atoms in total. The van der Waals surface area contributed by atoms with E-state index >= 15 is 0 Å². The van der Waals surface area contributed by atoms with Crippen molar-refractivity contribution in [1.82, 2.24) is 0 Å². The van der Waals surface area contributed by atoms with Crippen molar-refractivity contribution in [2.24, 2.45) is 17.6 Å². The molecule has 0 amide bonds. The van der Waals surface area contributed by atoms with E-state index in [0.29, 0.717) is 11.1 Å². The van der Waals surface area contributed by atoms with Gasteiger partial charge < -0.3 is 5.73 Å². The minimum absolute atomic E-state index is 0.277. The summed E-state index contributed by atoms with van der Waals surface area (Å²) in [7, 11) is 0. The van der Waals surface area contributed by atoms with Crippen LogP contribution in [0.4, 0.5) is 8.78 Å². The zero-order valence-corrected chi connectivity index (χ0v) is 13.2. The van der Waals surface area contributed by atoms with E-state index < -0.39 is 0 Å². The zero-order chi connectivity index (χ0) is 15.4. The highest BCUT2D eigenvalue weighted by molar-refractivity contribution is 5.28. The fourth-order valence-corrected chi connectivity index (χ4v) is 3.50. The van der Waals surface area contributed by atoms with Crippen molar-refractivity contribution >= 4 is 0 Å². The second-order valence-corrected chi connectivity index (χ2v) is 6.57. The predicted molar refractivity (Wildman–Crippen MR) is 83.0 cm³/mol. The number of unbranched alkanes of at least 4 members (excludes halogenated alkanes) is 1. The van der Waals surface area contributed by atoms with E-state index in [1.165, 1.54) is 44.2 Å². The van der Waals surface area contributed by atoms with Crippen LogP contribution in [0.3, 0.4) is 0 Å². The molecule has 0 heterocycles. The highest BCUT2D eigenvalue weighted by atomic mass is 19.1. The van der Waals surface area contributed by atoms with Crippen LogP contribution in [0.5, 0.6) is 0 Å². The lowest BCUT2D eigenvalue weighted by Gasteiger charge is -2.32. The number of benzene rings is 1. The van der Waals surface area contributed by atoms with E-state index in [9.17, 15) is 8.78 Å². The smallest absolute Gasteiger partial charge is 0.128 e. The van der Waals surface area contributed by atoms with Gasteiger partial charge in [-0.1, -0.05) is 39.0 Å². The molecule has 21 heavy (non-hydrogen) atoms. The largest absolute Gasteiger partial charge is 0.324 e. The van der Waals surface area contributed by atoms with E-state index in [4.69, 9.17) is 5.73 Å². The second kappa shape index (κ2) is 7.35. The highest BCUT2D eigenvalue weighted by Crippen LogP contribution is 2.38. The Balaban J connectivity index is 1.99. The average molecular weight is 295 g/mol. The molecule has 1 saturated carbocycles. The van der Waals surface area contributed by atoms with Crippen LogP contribution in [0.2, 0.25) is 0 Å². The molecular formula is C18H27F2N. The molecule has 1 aromatic rings. The van der Waals surface area contributed by atoms with Crippen molar-refractivity contribution in [3.63, 3.8) is 0 Å². The summed E-state index contributed by atoms with van der Waals surface area (Å²) in [6, 6.07) is 2.17. The Bertz CT molecular complexity index is 465. The molecule has 0 radical (unpaired) electrons. The van der Waals surface area contributed by atoms with Crippen LogP contribution in [0, 0.1) is 30.4 Å². The number of hydrogen-bond donors (Lipinski definition) is 1. The van der Waals surface area contributed by atoms with Gasteiger partial charge in [-0.2, -0.15) is 0 Å². The average Bonchev–Trinajstić information content (AvgIpc) is 2.48. The molecule has 0 saturated heterocycles. The number of nitrogens with two attached hydrogens (primary N) is 1. The molecule has 1 fully saturated rings. The van der Waals surface area contributed by atoms with Gasteiger partial charge in [-0.05, 0) is 49.3 Å². The zero-order valence-electron chi connectivity index (χ0n) is 13.2. The molecule has 0 spiro atoms. The third kappa shape index (κ3) is 4.03. The molecule has 1 aromatic carbocycles. The summed E-state index contributed by atoms with van der Waals surface area (Å²) in [6.07, 6.45) is 8.25. The fourth-order valence-electron chi connectivity index (χ4n) is 3.50. The minimum Gasteiger partial charge on any atom is -0.324 e. The van der Waals surface area contributed by atoms with Gasteiger partial charge in [0.1, 0.15) is 11.6 Å². The lowest BCUT2D eigenvalue weighted by atomic mass is 9.75. The van der Waals surface area contributed by atoms with Gasteiger partial charge in [0, 0.05) is 11.6 Å². The van der Waals surface area contributed by atoms with Crippen LogP contribution in [0.25, 0.3) is 0 Å². The summed E-state index contributed by atoms with van der Waals surface area (Å²) >= 11 is 0. The van der Waals surface area contributed by atoms with Crippen molar-refractivity contribution in [2.75, 3.05) is 0 Å². The number of hydrogen-bond acceptors (Lipinski definition) is 1. The van der Waals surface area contributed by atoms with Crippen LogP contribution in [-0.2, 0) is 0 Å². The van der Waals surface area contributed by atoms with E-state index in [1.54, 1.807) is 6.92 Å². The minimum atomic E-state index is -0.382. The summed E-state index contributed by atoms with van der Waals surface area (Å²) in [6.45, 7) is 3.79. The third-order valence-corrected chi connectivity index (χ3v) is 5.00. The fraction of sp³-hybridized carbons (Fsp3) is 0.667. The van der Waals surface area contributed by atoms with Gasteiger partial charge in [0.25, 0.3) is 0 Å². The molecule has 1 unspecified atom stereocenters. The first-order valence-electron chi connectivity index (χ1n) is 8.24. The Hall–Kier alpha value is -0.960. The third-order valence-electron chi connectivity index (χ3n) is 5.00. The summed E-state index contributed by atoms with van der Waals surface area (Å²) < 4.78 is 27.7. The number of halogens is 2. The molecule has 0 aliphatic heterocycles. The molecular weight excluding hydrogens is 268 g/mol. The van der Waals surface area contributed by atoms with E-state index in [2.05, 4.69) is 6.92 Å². The van der Waals surface area contributed by atoms with Crippen molar-refractivity contribution in [3.05, 3.63) is 34.9 Å². The Kier molecular flexibility index (Phi) is 5.74. The number of aryl methyl sites for hydroxylation is 1. The Morgan fingerprint density at radius 2 is 1.81 bits per heavy atom. The standard InChI is InChI=1S/C18H27F2N/c1-3-4-5-13-6-8-14(9-7-13)18(21)15-11-16(19)12(2)10-17(15)20/h10-11,13-14,18H,3-9,21H2,1-2H3. The molecule has 118 valence electrons. The van der Waals surface area contributed by atoms with Crippen LogP contribution in [0.1, 0.15) is 69.0 Å². The van der Waals surface area contributed by atoms with Crippen LogP contribution in [-0.4, -0.2) is 0 Å². The SMILES string of the molecule is CCCCC1CCC(C(N)c2cc(F)c(C)cc2F)CC1. The van der Waals surface area contributed by atoms with Crippen LogP contribution >= 0.6 is 0 Å². The monoisotopic (exact) mass is 295 g/mol. The van der Waals surface area contributed by atoms with Crippen LogP contribution < -0.4 is 5.73 Å². The second-order valence-electron chi connectivity index (χ2n) is 6.57. The molecule has 1 atom stereocenters. The molecule has 0 aromatic heterocycles. The topological polar surface area (TPSA) is 26.0 Å². The lowest BCUT2D eigenvalue weighted by molar-refractivity contribution is 0.230. The van der Waals surface area contributed by atoms with Crippen molar-refractivity contribution in [3.8, 4) is 0 Å². The van der Waals surface area contributed by atoms with Gasteiger partial charge in [-0.15, -0.1) is 0 Å². The van der Waals surface area contributed by atoms with Gasteiger partial charge in [0.15, 0.2) is 0 Å². The molecule has 0 bridgehead atoms. The van der Waals surface area contributed by atoms with Gasteiger partial charge in [-0.25, -0.2) is 8.78 Å². The molecule has 3 heteroatoms. The molecule has 1 aliphatic carbocycles. The maximum atomic E-state index is 14.0. The summed E-state index contributed by atoms with van der Waals surface area (Å²) in [5, 5.41) is 0. The first-order chi connectivity index (χ1) is 10.0. The van der Waals surface area contributed by atoms with Gasteiger partial charge >= 0.3 is 0 Å². The van der Waals surface area contributed by atoms with E-state index in [1.807, 2.05) is 0 Å². The summed E-state index contributed by atoms with van der Waals surface area (Å²) in [5.74, 6) is 0.348. The highest BCUT2D eigenvalue weighted by Gasteiger charge is 2.28. The Morgan fingerprint density at radius 3 is 2.43 bits per heavy atom. The van der Waals surface area contributed by atoms with Crippen molar-refractivity contribution in [2.45, 2.75) is 64.8 Å². The number of rotatable bonds is 5. The van der Waals surface area contributed by atoms with E-state index in [0.717, 1.165) is 18.8 Å². The van der Waals surface area contributed by atoms with Crippen LogP contribution in [0.15, 0.2) is 12.1 Å². The summed E-state index contributed by atoms with van der Waals surface area (Å²) in [4.78, 5) is 0. The van der Waals surface area contributed by atoms with E-state index in [-0.39, 0.29) is 23.6 Å². The van der Waals surface area contributed by atoms with Gasteiger partial charge in [-0.3, -0.25) is 0 Å². The predicted octanol–water partition coefficient (Wildman–Crippen LogP) is 5.27. The van der Waals surface area contributed by atoms with Crippen molar-refractivity contribution < 1.29 is 8.78 Å². The maximum absolute atomic E-state index is 14.0. The first kappa shape index (κ1) is 16.4. The Labute approximate surface area is 126 Å². The molecule has 2 rings (SSSR count). The normalized spacial score (nSPS) is 24.0. The maximum Gasteiger partial charge on any atom is 0.128 e. The lowest BCUT2D eigenvalue weighted by Crippen LogP contribution is -2.27. The first-order valence-corrected chi connectivity index (χ1v) is 8.24.